The number of aryl methyl sites for hydroxylation is 1. The second-order valence-corrected chi connectivity index (χ2v) is 5.29. The fourth-order valence-electron chi connectivity index (χ4n) is 3.07. The normalized spacial score (nSPS) is 25.7. The number of likely N-dealkylation sites (tertiary alicyclic amines) is 1. The summed E-state index contributed by atoms with van der Waals surface area (Å²) in [6.07, 6.45) is 4.84. The van der Waals surface area contributed by atoms with E-state index in [0.717, 1.165) is 31.0 Å². The average molecular weight is 245 g/mol. The van der Waals surface area contributed by atoms with Crippen LogP contribution in [0.2, 0.25) is 0 Å². The van der Waals surface area contributed by atoms with Crippen molar-refractivity contribution >= 4 is 5.78 Å². The molecule has 2 atom stereocenters. The first-order chi connectivity index (χ1) is 8.65. The van der Waals surface area contributed by atoms with Crippen molar-refractivity contribution in [2.45, 2.75) is 25.3 Å². The third kappa shape index (κ3) is 1.89. The number of nitrogens with two attached hydrogens (primary N) is 1. The summed E-state index contributed by atoms with van der Waals surface area (Å²) < 4.78 is 2.10. The maximum absolute atomic E-state index is 6.13. The lowest BCUT2D eigenvalue weighted by atomic mass is 9.91. The maximum atomic E-state index is 6.13. The summed E-state index contributed by atoms with van der Waals surface area (Å²) in [4.78, 5) is 11.1. The van der Waals surface area contributed by atoms with Crippen molar-refractivity contribution in [2.75, 3.05) is 20.1 Å². The van der Waals surface area contributed by atoms with E-state index < -0.39 is 0 Å². The zero-order valence-corrected chi connectivity index (χ0v) is 10.9. The maximum Gasteiger partial charge on any atom is 0.234 e. The van der Waals surface area contributed by atoms with Crippen LogP contribution in [-0.4, -0.2) is 45.4 Å². The van der Waals surface area contributed by atoms with Gasteiger partial charge in [-0.25, -0.2) is 9.97 Å². The van der Waals surface area contributed by atoms with E-state index in [9.17, 15) is 0 Å². The Morgan fingerprint density at radius 3 is 3.00 bits per heavy atom. The lowest BCUT2D eigenvalue weighted by Crippen LogP contribution is -2.44. The predicted molar refractivity (Wildman–Crippen MR) is 70.6 cm³/mol. The largest absolute Gasteiger partial charge is 0.327 e. The molecule has 2 unspecified atom stereocenters. The van der Waals surface area contributed by atoms with Crippen molar-refractivity contribution in [3.05, 3.63) is 29.8 Å². The first-order valence-corrected chi connectivity index (χ1v) is 6.39. The fourth-order valence-corrected chi connectivity index (χ4v) is 3.07. The van der Waals surface area contributed by atoms with Crippen LogP contribution in [0.3, 0.4) is 0 Å². The van der Waals surface area contributed by atoms with Crippen LogP contribution in [0.25, 0.3) is 5.78 Å². The van der Waals surface area contributed by atoms with E-state index in [1.807, 2.05) is 12.3 Å². The van der Waals surface area contributed by atoms with Crippen molar-refractivity contribution in [1.29, 1.82) is 0 Å². The van der Waals surface area contributed by atoms with Gasteiger partial charge in [-0.1, -0.05) is 0 Å². The number of hydrogen-bond acceptors (Lipinski definition) is 4. The Morgan fingerprint density at radius 1 is 1.39 bits per heavy atom. The van der Waals surface area contributed by atoms with Crippen LogP contribution < -0.4 is 5.73 Å². The number of imidazole rings is 1. The van der Waals surface area contributed by atoms with Crippen molar-refractivity contribution < 1.29 is 0 Å². The van der Waals surface area contributed by atoms with Gasteiger partial charge in [0.1, 0.15) is 0 Å². The molecule has 0 radical (unpaired) electrons. The number of nitrogens with zero attached hydrogens (tertiary/aromatic N) is 4. The van der Waals surface area contributed by atoms with Gasteiger partial charge < -0.3 is 10.6 Å². The molecule has 0 bridgehead atoms. The predicted octanol–water partition coefficient (Wildman–Crippen LogP) is 0.784. The van der Waals surface area contributed by atoms with Crippen LogP contribution in [-0.2, 0) is 0 Å². The van der Waals surface area contributed by atoms with Gasteiger partial charge in [-0.3, -0.25) is 4.40 Å². The summed E-state index contributed by atoms with van der Waals surface area (Å²) in [5.74, 6) is 1.23. The van der Waals surface area contributed by atoms with Crippen molar-refractivity contribution in [2.24, 2.45) is 5.73 Å². The molecule has 5 nitrogen and oxygen atoms in total. The minimum absolute atomic E-state index is 0.246. The highest BCUT2D eigenvalue weighted by molar-refractivity contribution is 5.37. The third-order valence-electron chi connectivity index (χ3n) is 3.68. The first-order valence-electron chi connectivity index (χ1n) is 6.39. The number of likely N-dealkylation sites (N-methyl/N-ethyl adjacent to an activating group) is 1. The van der Waals surface area contributed by atoms with Crippen molar-refractivity contribution in [3.63, 3.8) is 0 Å². The molecule has 2 aromatic heterocycles. The van der Waals surface area contributed by atoms with Gasteiger partial charge in [-0.2, -0.15) is 0 Å². The zero-order chi connectivity index (χ0) is 12.7. The fraction of sp³-hybridized carbons (Fsp3) is 0.538. The molecule has 1 aliphatic heterocycles. The summed E-state index contributed by atoms with van der Waals surface area (Å²) in [5, 5.41) is 0. The van der Waals surface area contributed by atoms with E-state index in [1.165, 1.54) is 5.69 Å². The summed E-state index contributed by atoms with van der Waals surface area (Å²) in [5.41, 5.74) is 8.46. The van der Waals surface area contributed by atoms with Gasteiger partial charge in [0.15, 0.2) is 0 Å². The molecular formula is C13H19N5. The number of aromatic nitrogens is 3. The second kappa shape index (κ2) is 4.33. The zero-order valence-electron chi connectivity index (χ0n) is 10.9. The van der Waals surface area contributed by atoms with Crippen LogP contribution in [0.5, 0.6) is 0 Å². The van der Waals surface area contributed by atoms with Crippen LogP contribution in [0.4, 0.5) is 0 Å². The van der Waals surface area contributed by atoms with Gasteiger partial charge in [0.2, 0.25) is 5.78 Å². The molecule has 0 aliphatic carbocycles. The van der Waals surface area contributed by atoms with E-state index in [4.69, 9.17) is 5.73 Å². The summed E-state index contributed by atoms with van der Waals surface area (Å²) in [6.45, 7) is 4.08. The molecule has 2 N–H and O–H groups in total. The van der Waals surface area contributed by atoms with Gasteiger partial charge in [-0.05, 0) is 26.5 Å². The molecule has 0 amide bonds. The molecule has 0 aromatic carbocycles. The Balaban J connectivity index is 2.05. The number of fused-ring (bicyclic) bond motifs is 1. The average Bonchev–Trinajstić information content (AvgIpc) is 2.63. The number of piperidine rings is 1. The van der Waals surface area contributed by atoms with E-state index >= 15 is 0 Å². The molecule has 5 heteroatoms. The van der Waals surface area contributed by atoms with Gasteiger partial charge in [-0.15, -0.1) is 0 Å². The minimum Gasteiger partial charge on any atom is -0.327 e. The molecule has 3 rings (SSSR count). The van der Waals surface area contributed by atoms with E-state index in [1.54, 1.807) is 6.20 Å². The molecule has 1 aliphatic rings. The monoisotopic (exact) mass is 245 g/mol. The molecule has 3 heterocycles. The summed E-state index contributed by atoms with van der Waals surface area (Å²) in [7, 11) is 2.13. The van der Waals surface area contributed by atoms with Crippen molar-refractivity contribution in [1.82, 2.24) is 19.3 Å². The minimum atomic E-state index is 0.246. The molecule has 2 aromatic rings. The smallest absolute Gasteiger partial charge is 0.234 e. The van der Waals surface area contributed by atoms with Crippen LogP contribution in [0.1, 0.15) is 23.7 Å². The lowest BCUT2D eigenvalue weighted by molar-refractivity contribution is 0.224. The highest BCUT2D eigenvalue weighted by Gasteiger charge is 2.28. The Labute approximate surface area is 107 Å². The summed E-state index contributed by atoms with van der Waals surface area (Å²) >= 11 is 0. The molecular weight excluding hydrogens is 226 g/mol. The quantitative estimate of drug-likeness (QED) is 0.806. The van der Waals surface area contributed by atoms with E-state index in [-0.39, 0.29) is 6.04 Å². The third-order valence-corrected chi connectivity index (χ3v) is 3.68. The Kier molecular flexibility index (Phi) is 2.80. The number of rotatable bonds is 1. The van der Waals surface area contributed by atoms with Gasteiger partial charge in [0.05, 0.1) is 11.4 Å². The SMILES string of the molecule is Cc1nc2ncccn2c1C1CC(N)CN(C)C1. The molecule has 18 heavy (non-hydrogen) atoms. The highest BCUT2D eigenvalue weighted by Crippen LogP contribution is 2.28. The first kappa shape index (κ1) is 11.6. The van der Waals surface area contributed by atoms with Crippen LogP contribution >= 0.6 is 0 Å². The Bertz CT molecular complexity index is 552. The van der Waals surface area contributed by atoms with Gasteiger partial charge >= 0.3 is 0 Å². The van der Waals surface area contributed by atoms with Gasteiger partial charge in [0.25, 0.3) is 0 Å². The van der Waals surface area contributed by atoms with E-state index in [0.29, 0.717) is 5.92 Å². The Hall–Kier alpha value is -1.46. The van der Waals surface area contributed by atoms with Crippen molar-refractivity contribution in [3.8, 4) is 0 Å². The van der Waals surface area contributed by atoms with Gasteiger partial charge in [0, 0.05) is 37.4 Å². The molecule has 0 spiro atoms. The molecule has 0 saturated carbocycles. The molecule has 96 valence electrons. The van der Waals surface area contributed by atoms with Crippen LogP contribution in [0, 0.1) is 6.92 Å². The summed E-state index contributed by atoms with van der Waals surface area (Å²) in [6, 6.07) is 2.19. The Morgan fingerprint density at radius 2 is 2.22 bits per heavy atom. The van der Waals surface area contributed by atoms with E-state index in [2.05, 4.69) is 33.2 Å². The van der Waals surface area contributed by atoms with Crippen LogP contribution in [0.15, 0.2) is 18.5 Å². The second-order valence-electron chi connectivity index (χ2n) is 5.29. The highest BCUT2D eigenvalue weighted by atomic mass is 15.1. The topological polar surface area (TPSA) is 59.5 Å². The lowest BCUT2D eigenvalue weighted by Gasteiger charge is -2.33. The standard InChI is InChI=1S/C13H19N5/c1-9-12(10-6-11(14)8-17(2)7-10)18-5-3-4-15-13(18)16-9/h3-5,10-11H,6-8,14H2,1-2H3. The molecule has 1 saturated heterocycles. The number of hydrogen-bond donors (Lipinski definition) is 1. The molecule has 1 fully saturated rings.